The lowest BCUT2D eigenvalue weighted by Gasteiger charge is -2.09. The van der Waals surface area contributed by atoms with Crippen LogP contribution < -0.4 is 29.6 Å². The average Bonchev–Trinajstić information content (AvgIpc) is 3.44. The SMILES string of the molecule is COc1cc(C(=O)Nc2ccc(-c3nc4cc(NC(=O)c5cc(OC)nc(OC)c5)ccc4[nH]3)cc2)cc(OC)n1. The fraction of sp³-hybridized carbons (Fsp3) is 0.138. The molecule has 0 aliphatic carbocycles. The number of H-pyrrole nitrogens is 1. The quantitative estimate of drug-likeness (QED) is 0.238. The highest BCUT2D eigenvalue weighted by Crippen LogP contribution is 2.26. The van der Waals surface area contributed by atoms with E-state index >= 15 is 0 Å². The van der Waals surface area contributed by atoms with Crippen molar-refractivity contribution in [1.29, 1.82) is 0 Å². The van der Waals surface area contributed by atoms with E-state index in [-0.39, 0.29) is 35.3 Å². The molecule has 12 nitrogen and oxygen atoms in total. The number of hydrogen-bond acceptors (Lipinski definition) is 9. The lowest BCUT2D eigenvalue weighted by Crippen LogP contribution is -2.12. The molecule has 5 aromatic rings. The number of nitrogens with zero attached hydrogens (tertiary/aromatic N) is 3. The van der Waals surface area contributed by atoms with Crippen molar-refractivity contribution in [3.8, 4) is 34.9 Å². The maximum absolute atomic E-state index is 12.9. The minimum atomic E-state index is -0.347. The van der Waals surface area contributed by atoms with Crippen molar-refractivity contribution >= 4 is 34.2 Å². The fourth-order valence-electron chi connectivity index (χ4n) is 3.98. The number of methoxy groups -OCH3 is 4. The van der Waals surface area contributed by atoms with Crippen molar-refractivity contribution < 1.29 is 28.5 Å². The van der Waals surface area contributed by atoms with Crippen LogP contribution in [0.25, 0.3) is 22.4 Å². The van der Waals surface area contributed by atoms with Gasteiger partial charge in [-0.05, 0) is 42.5 Å². The van der Waals surface area contributed by atoms with Crippen LogP contribution in [0.15, 0.2) is 66.7 Å². The first-order valence-electron chi connectivity index (χ1n) is 12.3. The highest BCUT2D eigenvalue weighted by molar-refractivity contribution is 6.06. The molecule has 208 valence electrons. The summed E-state index contributed by atoms with van der Waals surface area (Å²) in [6.45, 7) is 0. The number of aromatic amines is 1. The number of carbonyl (C=O) groups is 2. The molecule has 12 heteroatoms. The van der Waals surface area contributed by atoms with Gasteiger partial charge in [0, 0.05) is 41.2 Å². The summed E-state index contributed by atoms with van der Waals surface area (Å²) < 4.78 is 20.6. The first kappa shape index (κ1) is 26.9. The van der Waals surface area contributed by atoms with E-state index in [2.05, 4.69) is 30.6 Å². The first-order valence-corrected chi connectivity index (χ1v) is 12.3. The molecule has 3 N–H and O–H groups in total. The van der Waals surface area contributed by atoms with Gasteiger partial charge in [-0.15, -0.1) is 0 Å². The Labute approximate surface area is 234 Å². The minimum Gasteiger partial charge on any atom is -0.481 e. The molecule has 0 bridgehead atoms. The van der Waals surface area contributed by atoms with Gasteiger partial charge in [0.05, 0.1) is 50.6 Å². The van der Waals surface area contributed by atoms with E-state index in [9.17, 15) is 9.59 Å². The molecule has 0 saturated carbocycles. The zero-order valence-corrected chi connectivity index (χ0v) is 22.6. The average molecular weight is 555 g/mol. The fourth-order valence-corrected chi connectivity index (χ4v) is 3.98. The van der Waals surface area contributed by atoms with Gasteiger partial charge in [0.15, 0.2) is 0 Å². The van der Waals surface area contributed by atoms with E-state index < -0.39 is 0 Å². The predicted molar refractivity (Wildman–Crippen MR) is 152 cm³/mol. The molecule has 5 rings (SSSR count). The standard InChI is InChI=1S/C29H26N6O6/c1-38-23-11-17(12-24(34-23)39-2)28(36)30-19-7-5-16(6-8-19)27-32-21-10-9-20(15-22(21)33-27)31-29(37)18-13-25(40-3)35-26(14-18)41-4/h5-15H,1-4H3,(H,30,36)(H,31,37)(H,32,33). The van der Waals surface area contributed by atoms with Gasteiger partial charge in [-0.1, -0.05) is 0 Å². The second-order valence-electron chi connectivity index (χ2n) is 8.68. The van der Waals surface area contributed by atoms with Crippen LogP contribution in [0, 0.1) is 0 Å². The molecule has 0 radical (unpaired) electrons. The van der Waals surface area contributed by atoms with Gasteiger partial charge in [0.2, 0.25) is 23.5 Å². The van der Waals surface area contributed by atoms with Crippen LogP contribution in [-0.4, -0.2) is 60.2 Å². The molecule has 3 aromatic heterocycles. The van der Waals surface area contributed by atoms with Crippen LogP contribution >= 0.6 is 0 Å². The van der Waals surface area contributed by atoms with Gasteiger partial charge >= 0.3 is 0 Å². The highest BCUT2D eigenvalue weighted by atomic mass is 16.5. The number of benzene rings is 2. The molecule has 3 heterocycles. The van der Waals surface area contributed by atoms with Crippen molar-refractivity contribution in [2.24, 2.45) is 0 Å². The summed E-state index contributed by atoms with van der Waals surface area (Å²) in [6, 6.07) is 18.7. The highest BCUT2D eigenvalue weighted by Gasteiger charge is 2.14. The van der Waals surface area contributed by atoms with Crippen LogP contribution in [0.3, 0.4) is 0 Å². The minimum absolute atomic E-state index is 0.269. The van der Waals surface area contributed by atoms with Crippen molar-refractivity contribution in [2.75, 3.05) is 39.1 Å². The molecule has 0 aliphatic heterocycles. The lowest BCUT2D eigenvalue weighted by atomic mass is 10.2. The Bertz CT molecular complexity index is 1690. The number of imidazole rings is 1. The maximum Gasteiger partial charge on any atom is 0.256 e. The van der Waals surface area contributed by atoms with Crippen LogP contribution in [-0.2, 0) is 0 Å². The molecule has 0 fully saturated rings. The molecule has 0 atom stereocenters. The molecule has 0 spiro atoms. The van der Waals surface area contributed by atoms with Crippen molar-refractivity contribution in [1.82, 2.24) is 19.9 Å². The molecule has 41 heavy (non-hydrogen) atoms. The number of rotatable bonds is 9. The maximum atomic E-state index is 12.9. The Morgan fingerprint density at radius 2 is 1.07 bits per heavy atom. The van der Waals surface area contributed by atoms with Gasteiger partial charge in [-0.25, -0.2) is 4.98 Å². The van der Waals surface area contributed by atoms with Gasteiger partial charge in [-0.2, -0.15) is 9.97 Å². The van der Waals surface area contributed by atoms with Gasteiger partial charge < -0.3 is 34.6 Å². The number of pyridine rings is 2. The van der Waals surface area contributed by atoms with E-state index in [0.29, 0.717) is 33.8 Å². The Hall–Kier alpha value is -5.65. The zero-order chi connectivity index (χ0) is 28.9. The number of carbonyl (C=O) groups excluding carboxylic acids is 2. The summed E-state index contributed by atoms with van der Waals surface area (Å²) in [7, 11) is 5.87. The number of nitrogens with one attached hydrogen (secondary N) is 3. The first-order chi connectivity index (χ1) is 19.9. The summed E-state index contributed by atoms with van der Waals surface area (Å²) in [5, 5.41) is 5.72. The Balaban J connectivity index is 1.30. The smallest absolute Gasteiger partial charge is 0.256 e. The second-order valence-corrected chi connectivity index (χ2v) is 8.68. The molecule has 0 saturated heterocycles. The number of fused-ring (bicyclic) bond motifs is 1. The lowest BCUT2D eigenvalue weighted by molar-refractivity contribution is 0.101. The topological polar surface area (TPSA) is 150 Å². The third-order valence-corrected chi connectivity index (χ3v) is 6.07. The normalized spacial score (nSPS) is 10.6. The molecule has 2 amide bonds. The van der Waals surface area contributed by atoms with Gasteiger partial charge in [0.1, 0.15) is 5.82 Å². The molecule has 2 aromatic carbocycles. The number of amides is 2. The Morgan fingerprint density at radius 3 is 1.56 bits per heavy atom. The summed E-state index contributed by atoms with van der Waals surface area (Å²) in [5.41, 5.74) is 4.12. The van der Waals surface area contributed by atoms with E-state index in [0.717, 1.165) is 11.1 Å². The summed E-state index contributed by atoms with van der Waals surface area (Å²) in [5.74, 6) is 1.04. The molecular formula is C29H26N6O6. The molecule has 0 unspecified atom stereocenters. The zero-order valence-electron chi connectivity index (χ0n) is 22.6. The summed E-state index contributed by atoms with van der Waals surface area (Å²) in [6.07, 6.45) is 0. The largest absolute Gasteiger partial charge is 0.481 e. The third-order valence-electron chi connectivity index (χ3n) is 6.07. The number of ether oxygens (including phenoxy) is 4. The van der Waals surface area contributed by atoms with Gasteiger partial charge in [0.25, 0.3) is 11.8 Å². The third kappa shape index (κ3) is 6.01. The van der Waals surface area contributed by atoms with E-state index in [1.807, 2.05) is 18.2 Å². The predicted octanol–water partition coefficient (Wildman–Crippen LogP) is 4.56. The van der Waals surface area contributed by atoms with Crippen molar-refractivity contribution in [3.63, 3.8) is 0 Å². The summed E-state index contributed by atoms with van der Waals surface area (Å²) in [4.78, 5) is 41.8. The summed E-state index contributed by atoms with van der Waals surface area (Å²) >= 11 is 0. The van der Waals surface area contributed by atoms with E-state index in [4.69, 9.17) is 18.9 Å². The van der Waals surface area contributed by atoms with Crippen LogP contribution in [0.1, 0.15) is 20.7 Å². The van der Waals surface area contributed by atoms with Crippen LogP contribution in [0.5, 0.6) is 23.5 Å². The second kappa shape index (κ2) is 11.6. The Kier molecular flexibility index (Phi) is 7.63. The van der Waals surface area contributed by atoms with E-state index in [1.165, 1.54) is 52.7 Å². The molecule has 0 aliphatic rings. The van der Waals surface area contributed by atoms with Crippen LogP contribution in [0.4, 0.5) is 11.4 Å². The van der Waals surface area contributed by atoms with Crippen LogP contribution in [0.2, 0.25) is 0 Å². The number of aromatic nitrogens is 4. The number of hydrogen-bond donors (Lipinski definition) is 3. The van der Waals surface area contributed by atoms with Crippen molar-refractivity contribution in [3.05, 3.63) is 77.9 Å². The van der Waals surface area contributed by atoms with Gasteiger partial charge in [-0.3, -0.25) is 9.59 Å². The monoisotopic (exact) mass is 554 g/mol. The molecular weight excluding hydrogens is 528 g/mol. The number of anilines is 2. The van der Waals surface area contributed by atoms with Crippen molar-refractivity contribution in [2.45, 2.75) is 0 Å². The Morgan fingerprint density at radius 1 is 0.610 bits per heavy atom. The van der Waals surface area contributed by atoms with E-state index in [1.54, 1.807) is 24.3 Å².